The van der Waals surface area contributed by atoms with Crippen LogP contribution in [0, 0.1) is 0 Å². The minimum absolute atomic E-state index is 0.159. The monoisotopic (exact) mass is 155 g/mol. The van der Waals surface area contributed by atoms with Gasteiger partial charge in [-0.2, -0.15) is 0 Å². The zero-order chi connectivity index (χ0) is 8.69. The molecule has 0 saturated carbocycles. The predicted octanol–water partition coefficient (Wildman–Crippen LogP) is 0.688. The van der Waals surface area contributed by atoms with Crippen molar-refractivity contribution in [2.45, 2.75) is 13.1 Å². The molecular formula is C8H17N3. The standard InChI is InChI=1S/C8H17N3/c1-5-7-10-11(4)8(6-2)9-3/h5-10H,2H2,1,3-4H3/b7-5-. The number of hydrogen-bond acceptors (Lipinski definition) is 3. The van der Waals surface area contributed by atoms with Crippen LogP contribution >= 0.6 is 0 Å². The van der Waals surface area contributed by atoms with Crippen LogP contribution in [0.2, 0.25) is 0 Å². The van der Waals surface area contributed by atoms with Crippen molar-refractivity contribution in [2.24, 2.45) is 0 Å². The number of nitrogens with zero attached hydrogens (tertiary/aromatic N) is 1. The van der Waals surface area contributed by atoms with Gasteiger partial charge >= 0.3 is 0 Å². The third-order valence-electron chi connectivity index (χ3n) is 1.38. The first-order valence-corrected chi connectivity index (χ1v) is 3.66. The lowest BCUT2D eigenvalue weighted by atomic mass is 10.5. The molecule has 1 atom stereocenters. The lowest BCUT2D eigenvalue weighted by Crippen LogP contribution is -2.45. The second-order valence-corrected chi connectivity index (χ2v) is 2.21. The van der Waals surface area contributed by atoms with Crippen molar-refractivity contribution < 1.29 is 0 Å². The first-order valence-electron chi connectivity index (χ1n) is 3.66. The summed E-state index contributed by atoms with van der Waals surface area (Å²) in [6.45, 7) is 5.65. The predicted molar refractivity (Wildman–Crippen MR) is 48.8 cm³/mol. The molecule has 0 aromatic carbocycles. The first kappa shape index (κ1) is 10.2. The van der Waals surface area contributed by atoms with Crippen LogP contribution in [0.4, 0.5) is 0 Å². The highest BCUT2D eigenvalue weighted by Crippen LogP contribution is 1.87. The summed E-state index contributed by atoms with van der Waals surface area (Å²) < 4.78 is 0. The van der Waals surface area contributed by atoms with Gasteiger partial charge in [-0.15, -0.1) is 6.58 Å². The van der Waals surface area contributed by atoms with Gasteiger partial charge in [0.05, 0.1) is 6.17 Å². The van der Waals surface area contributed by atoms with Crippen LogP contribution in [0.25, 0.3) is 0 Å². The van der Waals surface area contributed by atoms with Gasteiger partial charge in [0.2, 0.25) is 0 Å². The largest absolute Gasteiger partial charge is 0.325 e. The highest BCUT2D eigenvalue weighted by atomic mass is 15.5. The molecule has 0 radical (unpaired) electrons. The molecular weight excluding hydrogens is 138 g/mol. The molecule has 0 aliphatic carbocycles. The highest BCUT2D eigenvalue weighted by Gasteiger charge is 2.03. The van der Waals surface area contributed by atoms with E-state index in [0.29, 0.717) is 0 Å². The highest BCUT2D eigenvalue weighted by molar-refractivity contribution is 4.83. The Balaban J connectivity index is 3.77. The summed E-state index contributed by atoms with van der Waals surface area (Å²) in [4.78, 5) is 0. The molecule has 0 aliphatic heterocycles. The van der Waals surface area contributed by atoms with Crippen molar-refractivity contribution in [3.8, 4) is 0 Å². The molecule has 1 unspecified atom stereocenters. The Bertz CT molecular complexity index is 131. The van der Waals surface area contributed by atoms with Crippen molar-refractivity contribution in [1.82, 2.24) is 15.8 Å². The summed E-state index contributed by atoms with van der Waals surface area (Å²) >= 11 is 0. The zero-order valence-corrected chi connectivity index (χ0v) is 7.46. The van der Waals surface area contributed by atoms with Crippen LogP contribution in [0.15, 0.2) is 24.9 Å². The molecule has 0 aromatic rings. The van der Waals surface area contributed by atoms with Gasteiger partial charge in [-0.05, 0) is 14.0 Å². The van der Waals surface area contributed by atoms with Gasteiger partial charge in [0.25, 0.3) is 0 Å². The molecule has 0 spiro atoms. The minimum atomic E-state index is 0.159. The van der Waals surface area contributed by atoms with Gasteiger partial charge < -0.3 is 10.7 Å². The van der Waals surface area contributed by atoms with E-state index in [1.165, 1.54) is 0 Å². The lowest BCUT2D eigenvalue weighted by molar-refractivity contribution is 0.206. The Labute approximate surface area is 68.7 Å². The van der Waals surface area contributed by atoms with Crippen LogP contribution in [0.3, 0.4) is 0 Å². The second kappa shape index (κ2) is 5.95. The summed E-state index contributed by atoms with van der Waals surface area (Å²) in [5.74, 6) is 0. The fourth-order valence-electron chi connectivity index (χ4n) is 0.742. The molecule has 0 aromatic heterocycles. The average Bonchev–Trinajstić information content (AvgIpc) is 2.03. The van der Waals surface area contributed by atoms with Crippen molar-refractivity contribution in [2.75, 3.05) is 14.1 Å². The van der Waals surface area contributed by atoms with Gasteiger partial charge in [0.15, 0.2) is 0 Å². The van der Waals surface area contributed by atoms with E-state index >= 15 is 0 Å². The number of allylic oxidation sites excluding steroid dienone is 1. The fourth-order valence-corrected chi connectivity index (χ4v) is 0.742. The molecule has 0 amide bonds. The SMILES string of the molecule is C=CC(NC)N(C)N/C=C\C. The van der Waals surface area contributed by atoms with E-state index in [4.69, 9.17) is 0 Å². The second-order valence-electron chi connectivity index (χ2n) is 2.21. The Hall–Kier alpha value is -0.800. The van der Waals surface area contributed by atoms with Crippen LogP contribution in [0.1, 0.15) is 6.92 Å². The first-order chi connectivity index (χ1) is 5.26. The summed E-state index contributed by atoms with van der Waals surface area (Å²) in [6, 6.07) is 0. The molecule has 2 N–H and O–H groups in total. The molecule has 3 heteroatoms. The molecule has 11 heavy (non-hydrogen) atoms. The van der Waals surface area contributed by atoms with E-state index < -0.39 is 0 Å². The summed E-state index contributed by atoms with van der Waals surface area (Å²) in [5.41, 5.74) is 3.05. The van der Waals surface area contributed by atoms with Crippen molar-refractivity contribution >= 4 is 0 Å². The van der Waals surface area contributed by atoms with Gasteiger partial charge in [0, 0.05) is 13.2 Å². The van der Waals surface area contributed by atoms with Gasteiger partial charge in [-0.25, -0.2) is 5.01 Å². The van der Waals surface area contributed by atoms with Crippen LogP contribution in [-0.2, 0) is 0 Å². The molecule has 64 valence electrons. The molecule has 0 bridgehead atoms. The van der Waals surface area contributed by atoms with Gasteiger partial charge in [0.1, 0.15) is 0 Å². The third-order valence-corrected chi connectivity index (χ3v) is 1.38. The maximum Gasteiger partial charge on any atom is 0.0958 e. The summed E-state index contributed by atoms with van der Waals surface area (Å²) in [6.07, 6.45) is 5.79. The van der Waals surface area contributed by atoms with Gasteiger partial charge in [-0.1, -0.05) is 12.2 Å². The van der Waals surface area contributed by atoms with Crippen LogP contribution in [0.5, 0.6) is 0 Å². The Morgan fingerprint density at radius 3 is 2.55 bits per heavy atom. The van der Waals surface area contributed by atoms with Crippen LogP contribution < -0.4 is 10.7 Å². The normalized spacial score (nSPS) is 13.8. The van der Waals surface area contributed by atoms with Crippen molar-refractivity contribution in [3.05, 3.63) is 24.9 Å². The van der Waals surface area contributed by atoms with E-state index in [9.17, 15) is 0 Å². The number of hydrogen-bond donors (Lipinski definition) is 2. The maximum absolute atomic E-state index is 3.69. The van der Waals surface area contributed by atoms with E-state index in [1.54, 1.807) is 0 Å². The third kappa shape index (κ3) is 3.80. The number of hydrazine groups is 1. The zero-order valence-electron chi connectivity index (χ0n) is 7.46. The van der Waals surface area contributed by atoms with Crippen molar-refractivity contribution in [3.63, 3.8) is 0 Å². The van der Waals surface area contributed by atoms with E-state index in [0.717, 1.165) is 0 Å². The quantitative estimate of drug-likeness (QED) is 0.347. The number of likely N-dealkylation sites (N-methyl/N-ethyl adjacent to an activating group) is 2. The topological polar surface area (TPSA) is 27.3 Å². The molecule has 0 rings (SSSR count). The molecule has 3 nitrogen and oxygen atoms in total. The molecule has 0 aliphatic rings. The number of rotatable bonds is 5. The Morgan fingerprint density at radius 1 is 1.55 bits per heavy atom. The minimum Gasteiger partial charge on any atom is -0.325 e. The smallest absolute Gasteiger partial charge is 0.0958 e. The lowest BCUT2D eigenvalue weighted by Gasteiger charge is -2.24. The van der Waals surface area contributed by atoms with E-state index in [-0.39, 0.29) is 6.17 Å². The van der Waals surface area contributed by atoms with Crippen molar-refractivity contribution in [1.29, 1.82) is 0 Å². The molecule has 0 heterocycles. The average molecular weight is 155 g/mol. The van der Waals surface area contributed by atoms with Gasteiger partial charge in [-0.3, -0.25) is 0 Å². The molecule has 0 fully saturated rings. The Morgan fingerprint density at radius 2 is 2.18 bits per heavy atom. The van der Waals surface area contributed by atoms with E-state index in [2.05, 4.69) is 17.3 Å². The summed E-state index contributed by atoms with van der Waals surface area (Å²) in [7, 11) is 3.84. The molecule has 0 saturated heterocycles. The summed E-state index contributed by atoms with van der Waals surface area (Å²) in [5, 5.41) is 5.00. The maximum atomic E-state index is 3.69. The van der Waals surface area contributed by atoms with E-state index in [1.807, 2.05) is 44.4 Å². The number of nitrogens with one attached hydrogen (secondary N) is 2. The fraction of sp³-hybridized carbons (Fsp3) is 0.500. The Kier molecular flexibility index (Phi) is 5.51. The van der Waals surface area contributed by atoms with Crippen LogP contribution in [-0.4, -0.2) is 25.3 Å².